The number of hydrogen-bond acceptors (Lipinski definition) is 5. The van der Waals surface area contributed by atoms with Gasteiger partial charge in [-0.05, 0) is 64.5 Å². The van der Waals surface area contributed by atoms with E-state index in [0.717, 1.165) is 55.7 Å². The predicted octanol–water partition coefficient (Wildman–Crippen LogP) is 4.04. The van der Waals surface area contributed by atoms with Gasteiger partial charge in [-0.1, -0.05) is 0 Å². The number of hydrogen-bond donors (Lipinski definition) is 1. The van der Waals surface area contributed by atoms with Crippen molar-refractivity contribution in [1.29, 1.82) is 0 Å². The average molecular weight is 355 g/mol. The van der Waals surface area contributed by atoms with Crippen LogP contribution in [-0.4, -0.2) is 17.9 Å². The minimum Gasteiger partial charge on any atom is -0.465 e. The third kappa shape index (κ3) is 3.00. The van der Waals surface area contributed by atoms with Crippen LogP contribution in [0.2, 0.25) is 0 Å². The van der Waals surface area contributed by atoms with Gasteiger partial charge in [0.05, 0.1) is 11.5 Å². The maximum atomic E-state index is 13.0. The summed E-state index contributed by atoms with van der Waals surface area (Å²) in [5.74, 6) is 0.707. The molecule has 0 aromatic carbocycles. The van der Waals surface area contributed by atoms with Crippen molar-refractivity contribution in [2.45, 2.75) is 70.8 Å². The second-order valence-corrected chi connectivity index (χ2v) is 7.53. The maximum absolute atomic E-state index is 13.0. The lowest BCUT2D eigenvalue weighted by Crippen LogP contribution is -2.35. The van der Waals surface area contributed by atoms with Gasteiger partial charge in [0.2, 0.25) is 0 Å². The fourth-order valence-corrected chi connectivity index (χ4v) is 4.37. The van der Waals surface area contributed by atoms with Gasteiger partial charge in [-0.3, -0.25) is 4.79 Å². The van der Waals surface area contributed by atoms with Crippen LogP contribution in [0.5, 0.6) is 0 Å². The van der Waals surface area contributed by atoms with Crippen molar-refractivity contribution < 1.29 is 18.7 Å². The summed E-state index contributed by atoms with van der Waals surface area (Å²) in [6.07, 6.45) is 6.20. The number of ether oxygens (including phenoxy) is 1. The molecular formula is C21H25NO4. The first-order valence-corrected chi connectivity index (χ1v) is 9.56. The minimum atomic E-state index is -0.471. The molecule has 1 aromatic heterocycles. The number of carbonyl (C=O) groups excluding carboxylic acids is 2. The molecule has 5 nitrogen and oxygen atoms in total. The van der Waals surface area contributed by atoms with E-state index in [1.54, 1.807) is 0 Å². The van der Waals surface area contributed by atoms with Gasteiger partial charge in [-0.2, -0.15) is 0 Å². The van der Waals surface area contributed by atoms with Crippen LogP contribution in [0.3, 0.4) is 0 Å². The highest BCUT2D eigenvalue weighted by Crippen LogP contribution is 2.43. The van der Waals surface area contributed by atoms with E-state index < -0.39 is 5.92 Å². The molecule has 138 valence electrons. The van der Waals surface area contributed by atoms with Gasteiger partial charge in [0, 0.05) is 23.4 Å². The van der Waals surface area contributed by atoms with E-state index in [1.807, 2.05) is 26.0 Å². The highest BCUT2D eigenvalue weighted by Gasteiger charge is 2.41. The number of rotatable bonds is 3. The molecule has 0 radical (unpaired) electrons. The summed E-state index contributed by atoms with van der Waals surface area (Å²) in [6, 6.07) is 3.74. The van der Waals surface area contributed by atoms with Crippen LogP contribution in [0.15, 0.2) is 39.1 Å². The molecule has 0 spiro atoms. The molecule has 3 aliphatic rings. The molecule has 1 aliphatic heterocycles. The number of aryl methyl sites for hydroxylation is 1. The van der Waals surface area contributed by atoms with E-state index in [0.29, 0.717) is 23.3 Å². The van der Waals surface area contributed by atoms with Crippen molar-refractivity contribution in [3.63, 3.8) is 0 Å². The van der Waals surface area contributed by atoms with Gasteiger partial charge in [0.25, 0.3) is 0 Å². The number of Topliss-reactive ketones (excluding diaryl/α,β-unsaturated/α-hetero) is 1. The fourth-order valence-electron chi connectivity index (χ4n) is 4.37. The number of carbonyl (C=O) groups is 2. The second-order valence-electron chi connectivity index (χ2n) is 7.53. The first-order chi connectivity index (χ1) is 12.5. The summed E-state index contributed by atoms with van der Waals surface area (Å²) >= 11 is 0. The summed E-state index contributed by atoms with van der Waals surface area (Å²) in [5.41, 5.74) is 2.88. The summed E-state index contributed by atoms with van der Waals surface area (Å²) < 4.78 is 11.6. The van der Waals surface area contributed by atoms with E-state index in [1.165, 1.54) is 0 Å². The molecule has 1 atom stereocenters. The number of nitrogens with one attached hydrogen (secondary N) is 1. The van der Waals surface area contributed by atoms with Crippen LogP contribution in [0.1, 0.15) is 69.3 Å². The molecule has 1 saturated carbocycles. The molecule has 1 N–H and O–H groups in total. The largest absolute Gasteiger partial charge is 0.465 e. The molecule has 0 bridgehead atoms. The number of allylic oxidation sites excluding steroid dienone is 3. The minimum absolute atomic E-state index is 0.0146. The van der Waals surface area contributed by atoms with Gasteiger partial charge >= 0.3 is 5.97 Å². The second kappa shape index (κ2) is 6.78. The summed E-state index contributed by atoms with van der Waals surface area (Å²) in [7, 11) is 0. The molecule has 1 unspecified atom stereocenters. The van der Waals surface area contributed by atoms with Crippen LogP contribution in [0.4, 0.5) is 0 Å². The first kappa shape index (κ1) is 17.1. The molecule has 26 heavy (non-hydrogen) atoms. The quantitative estimate of drug-likeness (QED) is 0.829. The highest BCUT2D eigenvalue weighted by atomic mass is 16.5. The zero-order chi connectivity index (χ0) is 18.3. The van der Waals surface area contributed by atoms with Crippen molar-refractivity contribution in [3.8, 4) is 0 Å². The summed E-state index contributed by atoms with van der Waals surface area (Å²) in [6.45, 7) is 3.76. The normalized spacial score (nSPS) is 23.9. The Bertz CT molecular complexity index is 808. The molecular weight excluding hydrogens is 330 g/mol. The molecule has 0 amide bonds. The zero-order valence-electron chi connectivity index (χ0n) is 15.4. The lowest BCUT2D eigenvalue weighted by molar-refractivity contribution is -0.144. The lowest BCUT2D eigenvalue weighted by atomic mass is 9.77. The van der Waals surface area contributed by atoms with E-state index in [9.17, 15) is 9.59 Å². The van der Waals surface area contributed by atoms with Crippen LogP contribution in [-0.2, 0) is 14.3 Å². The Balaban J connectivity index is 1.74. The average Bonchev–Trinajstić information content (AvgIpc) is 3.25. The lowest BCUT2D eigenvalue weighted by Gasteiger charge is -2.33. The topological polar surface area (TPSA) is 68.5 Å². The van der Waals surface area contributed by atoms with Crippen LogP contribution >= 0.6 is 0 Å². The van der Waals surface area contributed by atoms with E-state index >= 15 is 0 Å². The molecule has 2 heterocycles. The summed E-state index contributed by atoms with van der Waals surface area (Å²) in [4.78, 5) is 25.8. The Labute approximate surface area is 153 Å². The Morgan fingerprint density at radius 2 is 1.92 bits per heavy atom. The third-order valence-electron chi connectivity index (χ3n) is 5.62. The van der Waals surface area contributed by atoms with Crippen LogP contribution in [0, 0.1) is 6.92 Å². The van der Waals surface area contributed by atoms with E-state index in [4.69, 9.17) is 9.15 Å². The van der Waals surface area contributed by atoms with Crippen molar-refractivity contribution in [2.75, 3.05) is 0 Å². The Morgan fingerprint density at radius 1 is 1.15 bits per heavy atom. The molecule has 2 aliphatic carbocycles. The molecule has 0 saturated heterocycles. The van der Waals surface area contributed by atoms with Gasteiger partial charge in [0.15, 0.2) is 5.78 Å². The molecule has 1 fully saturated rings. The van der Waals surface area contributed by atoms with Gasteiger partial charge < -0.3 is 14.5 Å². The number of dihydropyridines is 1. The van der Waals surface area contributed by atoms with Crippen molar-refractivity contribution in [1.82, 2.24) is 5.32 Å². The van der Waals surface area contributed by atoms with Gasteiger partial charge in [-0.25, -0.2) is 4.79 Å². The Kier molecular flexibility index (Phi) is 4.47. The predicted molar refractivity (Wildman–Crippen MR) is 96.3 cm³/mol. The highest BCUT2D eigenvalue weighted by molar-refractivity contribution is 6.03. The monoisotopic (exact) mass is 355 g/mol. The Hall–Kier alpha value is -2.30. The molecule has 4 rings (SSSR count). The number of esters is 1. The maximum Gasteiger partial charge on any atom is 0.337 e. The number of ketones is 1. The number of furan rings is 1. The van der Waals surface area contributed by atoms with Gasteiger partial charge in [-0.15, -0.1) is 0 Å². The van der Waals surface area contributed by atoms with Crippen molar-refractivity contribution in [3.05, 3.63) is 46.2 Å². The fraction of sp³-hybridized carbons (Fsp3) is 0.524. The van der Waals surface area contributed by atoms with Crippen LogP contribution in [0.25, 0.3) is 0 Å². The SMILES string of the molecule is CC1=C(C(=O)OC2CCCC2)C(c2ccc(C)o2)C2=C(CCCC2=O)N1. The van der Waals surface area contributed by atoms with Crippen molar-refractivity contribution >= 4 is 11.8 Å². The van der Waals surface area contributed by atoms with Crippen LogP contribution < -0.4 is 5.32 Å². The first-order valence-electron chi connectivity index (χ1n) is 9.56. The molecule has 5 heteroatoms. The molecule has 1 aromatic rings. The van der Waals surface area contributed by atoms with E-state index in [2.05, 4.69) is 5.32 Å². The summed E-state index contributed by atoms with van der Waals surface area (Å²) in [5, 5.41) is 3.31. The standard InChI is InChI=1S/C21H25NO4/c1-12-10-11-17(25-12)20-18(21(24)26-14-6-3-4-7-14)13(2)22-15-8-5-9-16(23)19(15)20/h10-11,14,20,22H,3-9H2,1-2H3. The van der Waals surface area contributed by atoms with E-state index in [-0.39, 0.29) is 17.9 Å². The Morgan fingerprint density at radius 3 is 2.62 bits per heavy atom. The zero-order valence-corrected chi connectivity index (χ0v) is 15.4. The van der Waals surface area contributed by atoms with Crippen molar-refractivity contribution in [2.24, 2.45) is 0 Å². The van der Waals surface area contributed by atoms with Gasteiger partial charge in [0.1, 0.15) is 17.6 Å². The third-order valence-corrected chi connectivity index (χ3v) is 5.62. The smallest absolute Gasteiger partial charge is 0.337 e.